The third-order valence-electron chi connectivity index (χ3n) is 4.06. The Labute approximate surface area is 168 Å². The first-order chi connectivity index (χ1) is 14.0. The van der Waals surface area contributed by atoms with Gasteiger partial charge in [0.1, 0.15) is 5.75 Å². The van der Waals surface area contributed by atoms with E-state index in [2.05, 4.69) is 15.5 Å². The van der Waals surface area contributed by atoms with E-state index in [1.807, 2.05) is 43.3 Å². The standard InChI is InChI=1S/C21H22N4O4/c1-4-28-18-13-9-8-12-17(18)22-20(26)15(3)29-21(27)19-14(2)23-25(24-19)16-10-6-5-7-11-16/h5-13,15H,4H2,1-3H3,(H,22,26)/t15-/m0/s1. The van der Waals surface area contributed by atoms with Crippen LogP contribution in [0.4, 0.5) is 5.69 Å². The number of para-hydroxylation sites is 3. The molecule has 8 nitrogen and oxygen atoms in total. The molecular formula is C21H22N4O4. The number of carbonyl (C=O) groups is 2. The topological polar surface area (TPSA) is 95.3 Å². The third-order valence-corrected chi connectivity index (χ3v) is 4.06. The number of carbonyl (C=O) groups excluding carboxylic acids is 2. The van der Waals surface area contributed by atoms with Gasteiger partial charge in [-0.2, -0.15) is 9.90 Å². The molecule has 0 unspecified atom stereocenters. The van der Waals surface area contributed by atoms with E-state index >= 15 is 0 Å². The minimum Gasteiger partial charge on any atom is -0.492 e. The predicted molar refractivity (Wildman–Crippen MR) is 107 cm³/mol. The van der Waals surface area contributed by atoms with Gasteiger partial charge in [-0.25, -0.2) is 4.79 Å². The fourth-order valence-corrected chi connectivity index (χ4v) is 2.60. The Balaban J connectivity index is 1.68. The molecule has 0 bridgehead atoms. The molecule has 0 radical (unpaired) electrons. The lowest BCUT2D eigenvalue weighted by molar-refractivity contribution is -0.123. The Hall–Kier alpha value is -3.68. The summed E-state index contributed by atoms with van der Waals surface area (Å²) in [4.78, 5) is 26.3. The smallest absolute Gasteiger partial charge is 0.361 e. The fourth-order valence-electron chi connectivity index (χ4n) is 2.60. The number of amides is 1. The van der Waals surface area contributed by atoms with Crippen molar-refractivity contribution in [2.75, 3.05) is 11.9 Å². The Morgan fingerprint density at radius 2 is 1.76 bits per heavy atom. The lowest BCUT2D eigenvalue weighted by Crippen LogP contribution is -2.30. The number of benzene rings is 2. The van der Waals surface area contributed by atoms with Crippen LogP contribution < -0.4 is 10.1 Å². The van der Waals surface area contributed by atoms with Gasteiger partial charge >= 0.3 is 5.97 Å². The molecule has 1 N–H and O–H groups in total. The summed E-state index contributed by atoms with van der Waals surface area (Å²) in [6.07, 6.45) is -1.03. The number of nitrogens with zero attached hydrogens (tertiary/aromatic N) is 3. The minimum atomic E-state index is -1.03. The van der Waals surface area contributed by atoms with Crippen molar-refractivity contribution >= 4 is 17.6 Å². The van der Waals surface area contributed by atoms with Crippen LogP contribution in [0.1, 0.15) is 30.0 Å². The van der Waals surface area contributed by atoms with Gasteiger partial charge < -0.3 is 14.8 Å². The van der Waals surface area contributed by atoms with Crippen LogP contribution >= 0.6 is 0 Å². The molecule has 3 aromatic rings. The maximum atomic E-state index is 12.5. The van der Waals surface area contributed by atoms with E-state index < -0.39 is 18.0 Å². The lowest BCUT2D eigenvalue weighted by Gasteiger charge is -2.15. The molecule has 8 heteroatoms. The van der Waals surface area contributed by atoms with Gasteiger partial charge in [0.2, 0.25) is 0 Å². The van der Waals surface area contributed by atoms with Crippen LogP contribution in [-0.2, 0) is 9.53 Å². The average molecular weight is 394 g/mol. The van der Waals surface area contributed by atoms with Crippen molar-refractivity contribution in [1.82, 2.24) is 15.0 Å². The second-order valence-corrected chi connectivity index (χ2v) is 6.22. The van der Waals surface area contributed by atoms with Crippen LogP contribution in [0.3, 0.4) is 0 Å². The van der Waals surface area contributed by atoms with Crippen molar-refractivity contribution < 1.29 is 19.1 Å². The van der Waals surface area contributed by atoms with E-state index in [1.54, 1.807) is 25.1 Å². The first-order valence-corrected chi connectivity index (χ1v) is 9.22. The summed E-state index contributed by atoms with van der Waals surface area (Å²) in [7, 11) is 0. The van der Waals surface area contributed by atoms with Crippen molar-refractivity contribution in [2.45, 2.75) is 26.9 Å². The second kappa shape index (κ2) is 9.01. The summed E-state index contributed by atoms with van der Waals surface area (Å²) < 4.78 is 10.8. The highest BCUT2D eigenvalue weighted by molar-refractivity contribution is 5.97. The molecular weight excluding hydrogens is 372 g/mol. The van der Waals surface area contributed by atoms with Crippen LogP contribution in [-0.4, -0.2) is 39.6 Å². The van der Waals surface area contributed by atoms with Gasteiger partial charge in [-0.3, -0.25) is 4.79 Å². The van der Waals surface area contributed by atoms with E-state index in [0.717, 1.165) is 0 Å². The minimum absolute atomic E-state index is 0.0585. The summed E-state index contributed by atoms with van der Waals surface area (Å²) >= 11 is 0. The molecule has 3 rings (SSSR count). The quantitative estimate of drug-likeness (QED) is 0.619. The van der Waals surface area contributed by atoms with E-state index in [9.17, 15) is 9.59 Å². The molecule has 0 aliphatic heterocycles. The van der Waals surface area contributed by atoms with Crippen LogP contribution in [0.2, 0.25) is 0 Å². The maximum absolute atomic E-state index is 12.5. The Bertz CT molecular complexity index is 1000. The summed E-state index contributed by atoms with van der Waals surface area (Å²) in [6.45, 7) is 5.47. The largest absolute Gasteiger partial charge is 0.492 e. The monoisotopic (exact) mass is 394 g/mol. The first kappa shape index (κ1) is 20.1. The highest BCUT2D eigenvalue weighted by Crippen LogP contribution is 2.24. The fraction of sp³-hybridized carbons (Fsp3) is 0.238. The van der Waals surface area contributed by atoms with Crippen LogP contribution in [0.25, 0.3) is 5.69 Å². The highest BCUT2D eigenvalue weighted by Gasteiger charge is 2.24. The van der Waals surface area contributed by atoms with Crippen molar-refractivity contribution in [3.8, 4) is 11.4 Å². The molecule has 0 fully saturated rings. The van der Waals surface area contributed by atoms with Gasteiger partial charge in [0, 0.05) is 0 Å². The SMILES string of the molecule is CCOc1ccccc1NC(=O)[C@H](C)OC(=O)c1nn(-c2ccccc2)nc1C. The number of hydrogen-bond donors (Lipinski definition) is 1. The maximum Gasteiger partial charge on any atom is 0.361 e. The van der Waals surface area contributed by atoms with E-state index in [-0.39, 0.29) is 5.69 Å². The Morgan fingerprint density at radius 3 is 2.48 bits per heavy atom. The Kier molecular flexibility index (Phi) is 6.23. The summed E-state index contributed by atoms with van der Waals surface area (Å²) in [5.41, 5.74) is 1.69. The molecule has 0 aliphatic carbocycles. The normalized spacial score (nSPS) is 11.6. The molecule has 0 saturated heterocycles. The van der Waals surface area contributed by atoms with Crippen LogP contribution in [0, 0.1) is 6.92 Å². The molecule has 150 valence electrons. The molecule has 2 aromatic carbocycles. The number of anilines is 1. The van der Waals surface area contributed by atoms with Gasteiger partial charge in [0.05, 0.1) is 23.7 Å². The van der Waals surface area contributed by atoms with Gasteiger partial charge in [-0.15, -0.1) is 5.10 Å². The second-order valence-electron chi connectivity index (χ2n) is 6.22. The van der Waals surface area contributed by atoms with Crippen molar-refractivity contribution in [3.05, 3.63) is 66.0 Å². The molecule has 1 amide bonds. The zero-order valence-electron chi connectivity index (χ0n) is 16.5. The lowest BCUT2D eigenvalue weighted by atomic mass is 10.2. The van der Waals surface area contributed by atoms with Crippen molar-refractivity contribution in [3.63, 3.8) is 0 Å². The van der Waals surface area contributed by atoms with E-state index in [0.29, 0.717) is 29.4 Å². The van der Waals surface area contributed by atoms with Gasteiger partial charge in [0.15, 0.2) is 11.8 Å². The number of ether oxygens (including phenoxy) is 2. The molecule has 0 aliphatic rings. The van der Waals surface area contributed by atoms with Crippen molar-refractivity contribution in [1.29, 1.82) is 0 Å². The summed E-state index contributed by atoms with van der Waals surface area (Å²) in [6, 6.07) is 16.3. The van der Waals surface area contributed by atoms with Gasteiger partial charge in [-0.1, -0.05) is 30.3 Å². The first-order valence-electron chi connectivity index (χ1n) is 9.22. The molecule has 1 heterocycles. The van der Waals surface area contributed by atoms with Gasteiger partial charge in [-0.05, 0) is 45.0 Å². The average Bonchev–Trinajstić information content (AvgIpc) is 3.12. The zero-order valence-corrected chi connectivity index (χ0v) is 16.5. The highest BCUT2D eigenvalue weighted by atomic mass is 16.5. The number of aromatic nitrogens is 3. The number of hydrogen-bond acceptors (Lipinski definition) is 6. The molecule has 29 heavy (non-hydrogen) atoms. The molecule has 1 aromatic heterocycles. The molecule has 1 atom stereocenters. The summed E-state index contributed by atoms with van der Waals surface area (Å²) in [5.74, 6) is -0.646. The predicted octanol–water partition coefficient (Wildman–Crippen LogP) is 3.16. The number of esters is 1. The zero-order chi connectivity index (χ0) is 20.8. The number of aryl methyl sites for hydroxylation is 1. The number of nitrogens with one attached hydrogen (secondary N) is 1. The van der Waals surface area contributed by atoms with E-state index in [1.165, 1.54) is 11.7 Å². The Morgan fingerprint density at radius 1 is 1.07 bits per heavy atom. The van der Waals surface area contributed by atoms with Crippen LogP contribution in [0.15, 0.2) is 54.6 Å². The van der Waals surface area contributed by atoms with Crippen LogP contribution in [0.5, 0.6) is 5.75 Å². The summed E-state index contributed by atoms with van der Waals surface area (Å²) in [5, 5.41) is 11.2. The molecule has 0 spiro atoms. The van der Waals surface area contributed by atoms with E-state index in [4.69, 9.17) is 9.47 Å². The number of rotatable bonds is 7. The third kappa shape index (κ3) is 4.78. The van der Waals surface area contributed by atoms with Gasteiger partial charge in [0.25, 0.3) is 5.91 Å². The molecule has 0 saturated carbocycles. The van der Waals surface area contributed by atoms with Crippen molar-refractivity contribution in [2.24, 2.45) is 0 Å².